The lowest BCUT2D eigenvalue weighted by atomic mass is 10.2. The van der Waals surface area contributed by atoms with Gasteiger partial charge in [0.05, 0.1) is 0 Å². The van der Waals surface area contributed by atoms with E-state index in [4.69, 9.17) is 4.74 Å². The van der Waals surface area contributed by atoms with E-state index in [9.17, 15) is 0 Å². The molecule has 0 bridgehead atoms. The fourth-order valence-corrected chi connectivity index (χ4v) is 2.02. The fraction of sp³-hybridized carbons (Fsp3) is 0.333. The van der Waals surface area contributed by atoms with Crippen LogP contribution in [0.15, 0.2) is 53.7 Å². The summed E-state index contributed by atoms with van der Waals surface area (Å²) in [5.74, 6) is 1.41. The lowest BCUT2D eigenvalue weighted by Crippen LogP contribution is -2.40. The van der Waals surface area contributed by atoms with Crippen LogP contribution < -0.4 is 15.4 Å². The third-order valence-electron chi connectivity index (χ3n) is 3.14. The van der Waals surface area contributed by atoms with Crippen molar-refractivity contribution in [3.05, 3.63) is 59.8 Å². The Morgan fingerprint density at radius 1 is 1.17 bits per heavy atom. The molecular formula is C18H25IN4O. The number of nitrogens with zero attached hydrogens (tertiary/aromatic N) is 2. The van der Waals surface area contributed by atoms with Crippen LogP contribution in [0.4, 0.5) is 0 Å². The van der Waals surface area contributed by atoms with Gasteiger partial charge in [0.15, 0.2) is 5.96 Å². The van der Waals surface area contributed by atoms with Crippen LogP contribution in [0.25, 0.3) is 0 Å². The first-order chi connectivity index (χ1) is 11.2. The summed E-state index contributed by atoms with van der Waals surface area (Å²) in [6.45, 7) is 5.33. The van der Waals surface area contributed by atoms with Gasteiger partial charge in [-0.15, -0.1) is 24.0 Å². The van der Waals surface area contributed by atoms with Gasteiger partial charge in [-0.05, 0) is 31.0 Å². The number of ether oxygens (including phenoxy) is 1. The predicted octanol–water partition coefficient (Wildman–Crippen LogP) is 3.35. The highest BCUT2D eigenvalue weighted by Gasteiger charge is 2.02. The van der Waals surface area contributed by atoms with Crippen LogP contribution in [0.3, 0.4) is 0 Å². The summed E-state index contributed by atoms with van der Waals surface area (Å²) < 4.78 is 5.75. The standard InChI is InChI=1S/C18H24N4O.HI/c1-14(2)22-18(19-3)21-12-16-9-10-20-17(11-16)23-13-15-7-5-4-6-8-15;/h4-11,14H,12-13H2,1-3H3,(H2,19,21,22);1H. The minimum atomic E-state index is 0. The lowest BCUT2D eigenvalue weighted by molar-refractivity contribution is 0.293. The molecule has 1 heterocycles. The summed E-state index contributed by atoms with van der Waals surface area (Å²) in [6, 6.07) is 14.3. The topological polar surface area (TPSA) is 58.5 Å². The summed E-state index contributed by atoms with van der Waals surface area (Å²) in [5.41, 5.74) is 2.22. The van der Waals surface area contributed by atoms with E-state index >= 15 is 0 Å². The number of halogens is 1. The van der Waals surface area contributed by atoms with Crippen LogP contribution in [0, 0.1) is 0 Å². The van der Waals surface area contributed by atoms with E-state index in [1.54, 1.807) is 13.2 Å². The molecule has 24 heavy (non-hydrogen) atoms. The van der Waals surface area contributed by atoms with Crippen LogP contribution in [0.1, 0.15) is 25.0 Å². The second-order valence-corrected chi connectivity index (χ2v) is 5.50. The molecule has 1 aromatic carbocycles. The van der Waals surface area contributed by atoms with Gasteiger partial charge in [0.1, 0.15) is 6.61 Å². The van der Waals surface area contributed by atoms with Gasteiger partial charge in [-0.3, -0.25) is 4.99 Å². The van der Waals surface area contributed by atoms with Gasteiger partial charge in [-0.25, -0.2) is 4.98 Å². The minimum Gasteiger partial charge on any atom is -0.473 e. The van der Waals surface area contributed by atoms with Crippen LogP contribution in [-0.2, 0) is 13.2 Å². The average Bonchev–Trinajstić information content (AvgIpc) is 2.58. The van der Waals surface area contributed by atoms with Crippen molar-refractivity contribution in [3.8, 4) is 5.88 Å². The Kier molecular flexibility index (Phi) is 9.14. The molecule has 6 heteroatoms. The SMILES string of the molecule is CN=C(NCc1ccnc(OCc2ccccc2)c1)NC(C)C.I. The molecule has 0 atom stereocenters. The number of aliphatic imine (C=N–C) groups is 1. The summed E-state index contributed by atoms with van der Waals surface area (Å²) in [4.78, 5) is 8.44. The zero-order chi connectivity index (χ0) is 16.5. The van der Waals surface area contributed by atoms with Crippen LogP contribution in [-0.4, -0.2) is 24.0 Å². The maximum Gasteiger partial charge on any atom is 0.213 e. The first-order valence-electron chi connectivity index (χ1n) is 7.76. The molecule has 130 valence electrons. The molecule has 0 aliphatic rings. The Morgan fingerprint density at radius 2 is 1.92 bits per heavy atom. The van der Waals surface area contributed by atoms with Crippen LogP contribution in [0.2, 0.25) is 0 Å². The zero-order valence-electron chi connectivity index (χ0n) is 14.3. The van der Waals surface area contributed by atoms with Gasteiger partial charge in [0, 0.05) is 31.9 Å². The Labute approximate surface area is 161 Å². The van der Waals surface area contributed by atoms with E-state index in [0.717, 1.165) is 17.1 Å². The maximum atomic E-state index is 5.75. The molecule has 2 N–H and O–H groups in total. The molecule has 0 aliphatic heterocycles. The monoisotopic (exact) mass is 440 g/mol. The summed E-state index contributed by atoms with van der Waals surface area (Å²) in [7, 11) is 1.76. The number of rotatable bonds is 6. The Balaban J connectivity index is 0.00000288. The van der Waals surface area contributed by atoms with Gasteiger partial charge in [-0.2, -0.15) is 0 Å². The summed E-state index contributed by atoms with van der Waals surface area (Å²) in [5, 5.41) is 6.53. The maximum absolute atomic E-state index is 5.75. The van der Waals surface area contributed by atoms with E-state index in [1.807, 2.05) is 42.5 Å². The van der Waals surface area contributed by atoms with Gasteiger partial charge < -0.3 is 15.4 Å². The number of nitrogens with one attached hydrogen (secondary N) is 2. The third kappa shape index (κ3) is 7.16. The van der Waals surface area contributed by atoms with E-state index in [0.29, 0.717) is 25.1 Å². The highest BCUT2D eigenvalue weighted by molar-refractivity contribution is 14.0. The highest BCUT2D eigenvalue weighted by Crippen LogP contribution is 2.11. The smallest absolute Gasteiger partial charge is 0.213 e. The quantitative estimate of drug-likeness (QED) is 0.411. The molecule has 0 radical (unpaired) electrons. The molecule has 2 aromatic rings. The highest BCUT2D eigenvalue weighted by atomic mass is 127. The Bertz CT molecular complexity index is 632. The van der Waals surface area contributed by atoms with Crippen molar-refractivity contribution in [3.63, 3.8) is 0 Å². The molecule has 0 unspecified atom stereocenters. The first-order valence-corrected chi connectivity index (χ1v) is 7.76. The molecule has 0 saturated heterocycles. The lowest BCUT2D eigenvalue weighted by Gasteiger charge is -2.14. The molecule has 2 rings (SSSR count). The van der Waals surface area contributed by atoms with Crippen LogP contribution >= 0.6 is 24.0 Å². The molecule has 0 fully saturated rings. The van der Waals surface area contributed by atoms with Gasteiger partial charge in [0.2, 0.25) is 5.88 Å². The van der Waals surface area contributed by atoms with Gasteiger partial charge >= 0.3 is 0 Å². The number of pyridine rings is 1. The fourth-order valence-electron chi connectivity index (χ4n) is 2.02. The molecule has 1 aromatic heterocycles. The second kappa shape index (κ2) is 10.9. The number of aromatic nitrogens is 1. The normalized spacial score (nSPS) is 10.9. The molecule has 0 saturated carbocycles. The van der Waals surface area contributed by atoms with Crippen molar-refractivity contribution in [2.24, 2.45) is 4.99 Å². The molecule has 0 spiro atoms. The van der Waals surface area contributed by atoms with Crippen LogP contribution in [0.5, 0.6) is 5.88 Å². The molecule has 0 amide bonds. The predicted molar refractivity (Wildman–Crippen MR) is 109 cm³/mol. The molecular weight excluding hydrogens is 415 g/mol. The van der Waals surface area contributed by atoms with Crippen molar-refractivity contribution < 1.29 is 4.74 Å². The van der Waals surface area contributed by atoms with Crippen molar-refractivity contribution in [1.82, 2.24) is 15.6 Å². The molecule has 5 nitrogen and oxygen atoms in total. The Morgan fingerprint density at radius 3 is 2.58 bits per heavy atom. The number of benzene rings is 1. The largest absolute Gasteiger partial charge is 0.473 e. The number of hydrogen-bond donors (Lipinski definition) is 2. The number of guanidine groups is 1. The number of hydrogen-bond acceptors (Lipinski definition) is 3. The first kappa shape index (κ1) is 20.2. The molecule has 0 aliphatic carbocycles. The summed E-state index contributed by atoms with van der Waals surface area (Å²) >= 11 is 0. The van der Waals surface area contributed by atoms with Gasteiger partial charge in [0.25, 0.3) is 0 Å². The third-order valence-corrected chi connectivity index (χ3v) is 3.14. The summed E-state index contributed by atoms with van der Waals surface area (Å²) in [6.07, 6.45) is 1.76. The zero-order valence-corrected chi connectivity index (χ0v) is 16.7. The van der Waals surface area contributed by atoms with E-state index in [2.05, 4.69) is 34.5 Å². The van der Waals surface area contributed by atoms with Crippen molar-refractivity contribution in [2.75, 3.05) is 7.05 Å². The minimum absolute atomic E-state index is 0. The van der Waals surface area contributed by atoms with E-state index in [1.165, 1.54) is 0 Å². The second-order valence-electron chi connectivity index (χ2n) is 5.50. The van der Waals surface area contributed by atoms with Crippen molar-refractivity contribution in [2.45, 2.75) is 33.0 Å². The Hall–Kier alpha value is -1.83. The van der Waals surface area contributed by atoms with Gasteiger partial charge in [-0.1, -0.05) is 30.3 Å². The van der Waals surface area contributed by atoms with Crippen molar-refractivity contribution >= 4 is 29.9 Å². The van der Waals surface area contributed by atoms with E-state index < -0.39 is 0 Å². The van der Waals surface area contributed by atoms with Crippen molar-refractivity contribution in [1.29, 1.82) is 0 Å². The average molecular weight is 440 g/mol. The van der Waals surface area contributed by atoms with E-state index in [-0.39, 0.29) is 24.0 Å².